The quantitative estimate of drug-likeness (QED) is 0.634. The van der Waals surface area contributed by atoms with Gasteiger partial charge in [0.15, 0.2) is 18.1 Å². The van der Waals surface area contributed by atoms with Crippen molar-refractivity contribution in [2.24, 2.45) is 5.92 Å². The highest BCUT2D eigenvalue weighted by atomic mass is 16.5. The lowest BCUT2D eigenvalue weighted by atomic mass is 9.80. The molecule has 1 aliphatic rings. The minimum absolute atomic E-state index is 0.0589. The summed E-state index contributed by atoms with van der Waals surface area (Å²) in [5, 5.41) is 19.4. The number of nitrogens with zero attached hydrogens (tertiary/aromatic N) is 2. The third kappa shape index (κ3) is 3.95. The number of carboxylic acids is 1. The van der Waals surface area contributed by atoms with Crippen molar-refractivity contribution in [1.29, 1.82) is 5.26 Å². The summed E-state index contributed by atoms with van der Waals surface area (Å²) in [5.41, 5.74) is 4.45. The number of carbonyl (C=O) groups is 1. The smallest absolute Gasteiger partial charge is 0.336 e. The van der Waals surface area contributed by atoms with E-state index in [2.05, 4.69) is 6.92 Å². The number of para-hydroxylation sites is 1. The summed E-state index contributed by atoms with van der Waals surface area (Å²) < 4.78 is 10.8. The number of allylic oxidation sites excluding steroid dienone is 1. The second kappa shape index (κ2) is 8.49. The van der Waals surface area contributed by atoms with Gasteiger partial charge in [0.05, 0.1) is 23.9 Å². The van der Waals surface area contributed by atoms with E-state index >= 15 is 0 Å². The molecule has 1 aromatic heterocycles. The van der Waals surface area contributed by atoms with Gasteiger partial charge < -0.3 is 14.6 Å². The number of pyridine rings is 1. The number of aromatic carboxylic acids is 1. The van der Waals surface area contributed by atoms with Crippen LogP contribution in [-0.4, -0.2) is 29.8 Å². The molecule has 0 fully saturated rings. The second-order valence-corrected chi connectivity index (χ2v) is 7.68. The highest BCUT2D eigenvalue weighted by Gasteiger charge is 2.28. The zero-order valence-electron chi connectivity index (χ0n) is 17.4. The summed E-state index contributed by atoms with van der Waals surface area (Å²) in [4.78, 5) is 17.0. The van der Waals surface area contributed by atoms with Gasteiger partial charge in [-0.15, -0.1) is 0 Å². The average molecular weight is 414 g/mol. The number of aromatic nitrogens is 1. The second-order valence-electron chi connectivity index (χ2n) is 7.68. The van der Waals surface area contributed by atoms with Gasteiger partial charge in [-0.05, 0) is 59.7 Å². The van der Waals surface area contributed by atoms with Crippen molar-refractivity contribution in [3.05, 3.63) is 64.8 Å². The molecule has 0 amide bonds. The number of ether oxygens (including phenoxy) is 2. The molecule has 6 nitrogen and oxygen atoms in total. The lowest BCUT2D eigenvalue weighted by molar-refractivity contribution is 0.0697. The predicted molar refractivity (Wildman–Crippen MR) is 118 cm³/mol. The molecule has 6 heteroatoms. The Kier molecular flexibility index (Phi) is 5.59. The van der Waals surface area contributed by atoms with Crippen molar-refractivity contribution in [1.82, 2.24) is 4.98 Å². The maximum absolute atomic E-state index is 12.2. The topological polar surface area (TPSA) is 92.4 Å². The van der Waals surface area contributed by atoms with Crippen molar-refractivity contribution in [2.45, 2.75) is 19.8 Å². The largest absolute Gasteiger partial charge is 0.493 e. The van der Waals surface area contributed by atoms with Gasteiger partial charge in [-0.2, -0.15) is 5.26 Å². The first kappa shape index (κ1) is 20.4. The molecule has 0 aliphatic heterocycles. The molecule has 0 bridgehead atoms. The molecule has 1 aliphatic carbocycles. The fourth-order valence-electron chi connectivity index (χ4n) is 4.18. The Labute approximate surface area is 180 Å². The van der Waals surface area contributed by atoms with Crippen molar-refractivity contribution < 1.29 is 19.4 Å². The van der Waals surface area contributed by atoms with Gasteiger partial charge in [0, 0.05) is 5.39 Å². The number of hydrogen-bond acceptors (Lipinski definition) is 5. The van der Waals surface area contributed by atoms with Gasteiger partial charge in [0.1, 0.15) is 6.07 Å². The Bertz CT molecular complexity index is 1240. The Morgan fingerprint density at radius 2 is 2.06 bits per heavy atom. The Morgan fingerprint density at radius 3 is 2.81 bits per heavy atom. The zero-order chi connectivity index (χ0) is 22.0. The Morgan fingerprint density at radius 1 is 1.26 bits per heavy atom. The predicted octanol–water partition coefficient (Wildman–Crippen LogP) is 4.97. The van der Waals surface area contributed by atoms with Crippen LogP contribution in [0.4, 0.5) is 0 Å². The lowest BCUT2D eigenvalue weighted by Gasteiger charge is -2.26. The molecule has 0 unspecified atom stereocenters. The number of benzene rings is 2. The summed E-state index contributed by atoms with van der Waals surface area (Å²) >= 11 is 0. The van der Waals surface area contributed by atoms with Crippen molar-refractivity contribution >= 4 is 28.5 Å². The van der Waals surface area contributed by atoms with Gasteiger partial charge in [0.25, 0.3) is 0 Å². The van der Waals surface area contributed by atoms with Crippen LogP contribution in [0.15, 0.2) is 42.5 Å². The van der Waals surface area contributed by atoms with Crippen LogP contribution in [0.5, 0.6) is 11.5 Å². The summed E-state index contributed by atoms with van der Waals surface area (Å²) in [7, 11) is 1.55. The minimum atomic E-state index is -0.927. The first-order valence-corrected chi connectivity index (χ1v) is 10.1. The maximum Gasteiger partial charge on any atom is 0.336 e. The minimum Gasteiger partial charge on any atom is -0.493 e. The van der Waals surface area contributed by atoms with E-state index in [0.717, 1.165) is 28.8 Å². The van der Waals surface area contributed by atoms with E-state index in [-0.39, 0.29) is 6.61 Å². The molecular weight excluding hydrogens is 392 g/mol. The maximum atomic E-state index is 12.2. The number of rotatable bonds is 5. The lowest BCUT2D eigenvalue weighted by Crippen LogP contribution is -2.17. The van der Waals surface area contributed by atoms with Gasteiger partial charge in [-0.3, -0.25) is 0 Å². The fourth-order valence-corrected chi connectivity index (χ4v) is 4.18. The van der Waals surface area contributed by atoms with Crippen molar-refractivity contribution in [2.75, 3.05) is 13.7 Å². The average Bonchev–Trinajstić information content (AvgIpc) is 2.76. The molecule has 31 heavy (non-hydrogen) atoms. The van der Waals surface area contributed by atoms with E-state index in [4.69, 9.17) is 19.7 Å². The van der Waals surface area contributed by atoms with Gasteiger partial charge in [-0.25, -0.2) is 9.78 Å². The summed E-state index contributed by atoms with van der Waals surface area (Å²) in [6.07, 6.45) is 3.50. The van der Waals surface area contributed by atoms with Crippen LogP contribution in [0.3, 0.4) is 0 Å². The zero-order valence-corrected chi connectivity index (χ0v) is 17.4. The summed E-state index contributed by atoms with van der Waals surface area (Å²) in [5.74, 6) is 0.399. The van der Waals surface area contributed by atoms with Gasteiger partial charge in [-0.1, -0.05) is 31.2 Å². The first-order valence-electron chi connectivity index (χ1n) is 10.1. The monoisotopic (exact) mass is 414 g/mol. The normalized spacial score (nSPS) is 16.5. The van der Waals surface area contributed by atoms with Crippen LogP contribution < -0.4 is 9.47 Å². The Hall–Kier alpha value is -3.85. The van der Waals surface area contributed by atoms with Crippen molar-refractivity contribution in [3.8, 4) is 17.6 Å². The van der Waals surface area contributed by atoms with E-state index in [9.17, 15) is 9.90 Å². The molecule has 2 aromatic carbocycles. The molecule has 0 spiro atoms. The fraction of sp³-hybridized carbons (Fsp3) is 0.240. The van der Waals surface area contributed by atoms with Crippen LogP contribution in [0.1, 0.15) is 40.5 Å². The molecular formula is C25H22N2O4. The summed E-state index contributed by atoms with van der Waals surface area (Å²) in [6.45, 7) is 2.06. The molecule has 0 radical (unpaired) electrons. The SMILES string of the molecule is COc1cc(/C=C2\C[C@@H](C)Cc3c2nc2ccccc2c3C(=O)O)ccc1OCC#N. The van der Waals surface area contributed by atoms with E-state index in [0.29, 0.717) is 40.3 Å². The van der Waals surface area contributed by atoms with Gasteiger partial charge >= 0.3 is 5.97 Å². The molecule has 1 atom stereocenters. The third-order valence-corrected chi connectivity index (χ3v) is 5.45. The molecule has 4 rings (SSSR count). The van der Waals surface area contributed by atoms with E-state index in [1.807, 2.05) is 48.5 Å². The van der Waals surface area contributed by atoms with E-state index in [1.165, 1.54) is 0 Å². The van der Waals surface area contributed by atoms with Crippen LogP contribution in [0, 0.1) is 17.2 Å². The van der Waals surface area contributed by atoms with Crippen LogP contribution in [-0.2, 0) is 6.42 Å². The number of carboxylic acid groups (broad SMARTS) is 1. The first-order chi connectivity index (χ1) is 15.0. The number of nitriles is 1. The summed E-state index contributed by atoms with van der Waals surface area (Å²) in [6, 6.07) is 14.8. The highest BCUT2D eigenvalue weighted by Crippen LogP contribution is 2.39. The molecule has 156 valence electrons. The molecule has 1 N–H and O–H groups in total. The van der Waals surface area contributed by atoms with Crippen molar-refractivity contribution in [3.63, 3.8) is 0 Å². The van der Waals surface area contributed by atoms with E-state index in [1.54, 1.807) is 13.2 Å². The van der Waals surface area contributed by atoms with E-state index < -0.39 is 5.97 Å². The molecule has 3 aromatic rings. The molecule has 1 heterocycles. The van der Waals surface area contributed by atoms with Gasteiger partial charge in [0.2, 0.25) is 0 Å². The third-order valence-electron chi connectivity index (χ3n) is 5.45. The Balaban J connectivity index is 1.86. The number of hydrogen-bond donors (Lipinski definition) is 1. The molecule has 0 saturated heterocycles. The van der Waals surface area contributed by atoms with Crippen LogP contribution >= 0.6 is 0 Å². The standard InChI is InChI=1S/C25H22N2O4/c1-15-11-17(13-16-7-8-21(31-10-9-26)22(14-16)30-2)24-19(12-15)23(25(28)29)18-5-3-4-6-20(18)27-24/h3-8,13-15H,10-12H2,1-2H3,(H,28,29)/b17-13+/t15-/m1/s1. The molecule has 0 saturated carbocycles. The van der Waals surface area contributed by atoms with Crippen LogP contribution in [0.2, 0.25) is 0 Å². The number of fused-ring (bicyclic) bond motifs is 2. The number of methoxy groups -OCH3 is 1. The van der Waals surface area contributed by atoms with Crippen LogP contribution in [0.25, 0.3) is 22.6 Å². The highest BCUT2D eigenvalue weighted by molar-refractivity contribution is 6.06.